The maximum absolute atomic E-state index is 12.6. The molecule has 1 amide bonds. The molecular formula is C18H13F3N2O2. The number of oxazole rings is 1. The van der Waals surface area contributed by atoms with Gasteiger partial charge in [-0.05, 0) is 48.9 Å². The molecule has 7 heteroatoms. The molecule has 0 aliphatic heterocycles. The van der Waals surface area contributed by atoms with Crippen molar-refractivity contribution in [3.05, 3.63) is 71.6 Å². The Kier molecular flexibility index (Phi) is 4.31. The summed E-state index contributed by atoms with van der Waals surface area (Å²) in [6.07, 6.45) is -3.24. The monoisotopic (exact) mass is 346 g/mol. The summed E-state index contributed by atoms with van der Waals surface area (Å²) in [5, 5.41) is 2.68. The van der Waals surface area contributed by atoms with Crippen molar-refractivity contribution in [3.63, 3.8) is 0 Å². The number of anilines is 1. The molecule has 3 aromatic rings. The van der Waals surface area contributed by atoms with Gasteiger partial charge in [0.15, 0.2) is 5.69 Å². The van der Waals surface area contributed by atoms with E-state index < -0.39 is 17.6 Å². The first-order valence-corrected chi connectivity index (χ1v) is 7.34. The van der Waals surface area contributed by atoms with Crippen LogP contribution < -0.4 is 5.32 Å². The molecule has 2 aromatic carbocycles. The van der Waals surface area contributed by atoms with E-state index in [0.717, 1.165) is 24.0 Å². The fourth-order valence-corrected chi connectivity index (χ4v) is 2.23. The normalized spacial score (nSPS) is 11.4. The number of rotatable bonds is 3. The molecule has 25 heavy (non-hydrogen) atoms. The summed E-state index contributed by atoms with van der Waals surface area (Å²) < 4.78 is 42.9. The number of aryl methyl sites for hydroxylation is 1. The van der Waals surface area contributed by atoms with Gasteiger partial charge in [0.2, 0.25) is 5.89 Å². The standard InChI is InChI=1S/C18H13F3N2O2/c1-11-3-2-4-14(9-11)22-16(24)15-10-25-17(23-15)12-5-7-13(8-6-12)18(19,20)21/h2-10H,1H3,(H,22,24). The summed E-state index contributed by atoms with van der Waals surface area (Å²) in [5.74, 6) is -0.393. The Balaban J connectivity index is 1.76. The Labute approximate surface area is 141 Å². The number of hydrogen-bond donors (Lipinski definition) is 1. The number of alkyl halides is 3. The molecule has 0 aliphatic rings. The van der Waals surface area contributed by atoms with E-state index in [2.05, 4.69) is 10.3 Å². The molecule has 0 bridgehead atoms. The molecule has 0 fully saturated rings. The van der Waals surface area contributed by atoms with Crippen LogP contribution in [0.2, 0.25) is 0 Å². The lowest BCUT2D eigenvalue weighted by atomic mass is 10.1. The number of carbonyl (C=O) groups excluding carboxylic acids is 1. The van der Waals surface area contributed by atoms with Crippen molar-refractivity contribution in [1.82, 2.24) is 4.98 Å². The highest BCUT2D eigenvalue weighted by atomic mass is 19.4. The van der Waals surface area contributed by atoms with Crippen molar-refractivity contribution < 1.29 is 22.4 Å². The van der Waals surface area contributed by atoms with E-state index in [0.29, 0.717) is 11.3 Å². The van der Waals surface area contributed by atoms with E-state index in [1.807, 2.05) is 13.0 Å². The SMILES string of the molecule is Cc1cccc(NC(=O)c2coc(-c3ccc(C(F)(F)F)cc3)n2)c1. The summed E-state index contributed by atoms with van der Waals surface area (Å²) in [6, 6.07) is 11.6. The molecule has 0 saturated heterocycles. The number of aromatic nitrogens is 1. The summed E-state index contributed by atoms with van der Waals surface area (Å²) in [5.41, 5.74) is 1.23. The maximum Gasteiger partial charge on any atom is 0.416 e. The minimum Gasteiger partial charge on any atom is -0.444 e. The number of nitrogens with one attached hydrogen (secondary N) is 1. The summed E-state index contributed by atoms with van der Waals surface area (Å²) in [7, 11) is 0. The molecule has 3 rings (SSSR count). The van der Waals surface area contributed by atoms with Crippen molar-refractivity contribution in [2.24, 2.45) is 0 Å². The molecule has 0 atom stereocenters. The highest BCUT2D eigenvalue weighted by Crippen LogP contribution is 2.30. The van der Waals surface area contributed by atoms with Gasteiger partial charge < -0.3 is 9.73 Å². The van der Waals surface area contributed by atoms with E-state index in [-0.39, 0.29) is 11.6 Å². The van der Waals surface area contributed by atoms with Crippen LogP contribution in [-0.4, -0.2) is 10.9 Å². The average Bonchev–Trinajstić information content (AvgIpc) is 3.04. The fourth-order valence-electron chi connectivity index (χ4n) is 2.23. The van der Waals surface area contributed by atoms with Crippen molar-refractivity contribution in [3.8, 4) is 11.5 Å². The highest BCUT2D eigenvalue weighted by Gasteiger charge is 2.30. The topological polar surface area (TPSA) is 55.1 Å². The number of hydrogen-bond acceptors (Lipinski definition) is 3. The van der Waals surface area contributed by atoms with Gasteiger partial charge in [-0.25, -0.2) is 4.98 Å². The molecule has 128 valence electrons. The van der Waals surface area contributed by atoms with Crippen LogP contribution in [0, 0.1) is 6.92 Å². The maximum atomic E-state index is 12.6. The zero-order valence-corrected chi connectivity index (χ0v) is 13.1. The van der Waals surface area contributed by atoms with Crippen LogP contribution in [0.1, 0.15) is 21.6 Å². The van der Waals surface area contributed by atoms with Crippen LogP contribution in [0.3, 0.4) is 0 Å². The van der Waals surface area contributed by atoms with Gasteiger partial charge in [-0.15, -0.1) is 0 Å². The minimum absolute atomic E-state index is 0.0383. The van der Waals surface area contributed by atoms with E-state index in [1.54, 1.807) is 18.2 Å². The van der Waals surface area contributed by atoms with E-state index in [9.17, 15) is 18.0 Å². The number of nitrogens with zero attached hydrogens (tertiary/aromatic N) is 1. The Bertz CT molecular complexity index is 899. The predicted molar refractivity (Wildman–Crippen MR) is 86.1 cm³/mol. The van der Waals surface area contributed by atoms with Gasteiger partial charge in [0.1, 0.15) is 6.26 Å². The van der Waals surface area contributed by atoms with Gasteiger partial charge in [0.25, 0.3) is 5.91 Å². The van der Waals surface area contributed by atoms with E-state index >= 15 is 0 Å². The van der Waals surface area contributed by atoms with Gasteiger partial charge in [-0.3, -0.25) is 4.79 Å². The average molecular weight is 346 g/mol. The first-order valence-electron chi connectivity index (χ1n) is 7.34. The molecule has 1 heterocycles. The van der Waals surface area contributed by atoms with E-state index in [1.165, 1.54) is 12.1 Å². The van der Waals surface area contributed by atoms with Crippen LogP contribution in [0.4, 0.5) is 18.9 Å². The summed E-state index contributed by atoms with van der Waals surface area (Å²) in [4.78, 5) is 16.2. The van der Waals surface area contributed by atoms with Crippen LogP contribution in [-0.2, 0) is 6.18 Å². The Hall–Kier alpha value is -3.09. The third-order valence-corrected chi connectivity index (χ3v) is 3.47. The number of carbonyl (C=O) groups is 1. The molecule has 0 aliphatic carbocycles. The van der Waals surface area contributed by atoms with Crippen molar-refractivity contribution in [1.29, 1.82) is 0 Å². The second kappa shape index (κ2) is 6.43. The smallest absolute Gasteiger partial charge is 0.416 e. The van der Waals surface area contributed by atoms with Gasteiger partial charge in [0.05, 0.1) is 5.56 Å². The zero-order valence-electron chi connectivity index (χ0n) is 13.1. The van der Waals surface area contributed by atoms with Gasteiger partial charge in [-0.1, -0.05) is 12.1 Å². The Morgan fingerprint density at radius 3 is 2.48 bits per heavy atom. The zero-order chi connectivity index (χ0) is 18.0. The fraction of sp³-hybridized carbons (Fsp3) is 0.111. The minimum atomic E-state index is -4.41. The van der Waals surface area contributed by atoms with Crippen molar-refractivity contribution >= 4 is 11.6 Å². The quantitative estimate of drug-likeness (QED) is 0.732. The first-order chi connectivity index (χ1) is 11.8. The van der Waals surface area contributed by atoms with Gasteiger partial charge in [0, 0.05) is 11.3 Å². The number of amides is 1. The highest BCUT2D eigenvalue weighted by molar-refractivity contribution is 6.02. The molecule has 1 aromatic heterocycles. The number of halogens is 3. The lowest BCUT2D eigenvalue weighted by Gasteiger charge is -2.06. The molecule has 0 unspecified atom stereocenters. The molecular weight excluding hydrogens is 333 g/mol. The second-order valence-electron chi connectivity index (χ2n) is 5.44. The molecule has 4 nitrogen and oxygen atoms in total. The molecule has 0 spiro atoms. The summed E-state index contributed by atoms with van der Waals surface area (Å²) >= 11 is 0. The van der Waals surface area contributed by atoms with Crippen molar-refractivity contribution in [2.75, 3.05) is 5.32 Å². The largest absolute Gasteiger partial charge is 0.444 e. The molecule has 1 N–H and O–H groups in total. The van der Waals surface area contributed by atoms with E-state index in [4.69, 9.17) is 4.42 Å². The predicted octanol–water partition coefficient (Wildman–Crippen LogP) is 4.92. The lowest BCUT2D eigenvalue weighted by Crippen LogP contribution is -2.12. The molecule has 0 saturated carbocycles. The number of benzene rings is 2. The van der Waals surface area contributed by atoms with Gasteiger partial charge >= 0.3 is 6.18 Å². The van der Waals surface area contributed by atoms with Crippen LogP contribution in [0.15, 0.2) is 59.2 Å². The third-order valence-electron chi connectivity index (χ3n) is 3.47. The first kappa shape index (κ1) is 16.8. The lowest BCUT2D eigenvalue weighted by molar-refractivity contribution is -0.137. The summed E-state index contributed by atoms with van der Waals surface area (Å²) in [6.45, 7) is 1.90. The van der Waals surface area contributed by atoms with Crippen LogP contribution in [0.25, 0.3) is 11.5 Å². The Morgan fingerprint density at radius 2 is 1.84 bits per heavy atom. The van der Waals surface area contributed by atoms with Crippen molar-refractivity contribution in [2.45, 2.75) is 13.1 Å². The molecule has 0 radical (unpaired) electrons. The van der Waals surface area contributed by atoms with Crippen LogP contribution >= 0.6 is 0 Å². The van der Waals surface area contributed by atoms with Crippen LogP contribution in [0.5, 0.6) is 0 Å². The Morgan fingerprint density at radius 1 is 1.12 bits per heavy atom. The third kappa shape index (κ3) is 3.88. The second-order valence-corrected chi connectivity index (χ2v) is 5.44. The van der Waals surface area contributed by atoms with Gasteiger partial charge in [-0.2, -0.15) is 13.2 Å².